The number of benzene rings is 4. The van der Waals surface area contributed by atoms with Crippen molar-refractivity contribution in [2.75, 3.05) is 0 Å². The van der Waals surface area contributed by atoms with Crippen molar-refractivity contribution < 1.29 is 35.1 Å². The zero-order valence-electron chi connectivity index (χ0n) is 18.0. The van der Waals surface area contributed by atoms with E-state index < -0.39 is 74.2 Å². The molecule has 35 heavy (non-hydrogen) atoms. The fourth-order valence-corrected chi connectivity index (χ4v) is 3.77. The molecule has 0 saturated heterocycles. The predicted octanol–water partition coefficient (Wildman–Crippen LogP) is 7.97. The first kappa shape index (κ1) is 24.3. The quantitative estimate of drug-likeness (QED) is 0.155. The third-order valence-corrected chi connectivity index (χ3v) is 5.33. The molecule has 0 unspecified atom stereocenters. The van der Waals surface area contributed by atoms with Gasteiger partial charge in [-0.2, -0.15) is 0 Å². The second kappa shape index (κ2) is 9.41. The fourth-order valence-electron chi connectivity index (χ4n) is 3.77. The average Bonchev–Trinajstić information content (AvgIpc) is 2.76. The highest BCUT2D eigenvalue weighted by Crippen LogP contribution is 2.35. The summed E-state index contributed by atoms with van der Waals surface area (Å²) in [4.78, 5) is 0. The van der Waals surface area contributed by atoms with Gasteiger partial charge in [-0.15, -0.1) is 0 Å². The maximum Gasteiger partial charge on any atom is 0.194 e. The lowest BCUT2D eigenvalue weighted by atomic mass is 9.96. The van der Waals surface area contributed by atoms with Gasteiger partial charge in [-0.05, 0) is 59.3 Å². The van der Waals surface area contributed by atoms with Gasteiger partial charge in [0.1, 0.15) is 29.1 Å². The first-order valence-electron chi connectivity index (χ1n) is 10.4. The second-order valence-corrected chi connectivity index (χ2v) is 7.79. The van der Waals surface area contributed by atoms with Gasteiger partial charge in [0.25, 0.3) is 0 Å². The summed E-state index contributed by atoms with van der Waals surface area (Å²) in [5, 5.41) is -0.555. The number of aryl methyl sites for hydroxylation is 1. The highest BCUT2D eigenvalue weighted by molar-refractivity contribution is 5.89. The van der Waals surface area contributed by atoms with Gasteiger partial charge in [-0.3, -0.25) is 0 Å². The Morgan fingerprint density at radius 1 is 0.600 bits per heavy atom. The lowest BCUT2D eigenvalue weighted by Crippen LogP contribution is -1.99. The van der Waals surface area contributed by atoms with Gasteiger partial charge >= 0.3 is 0 Å². The Morgan fingerprint density at radius 2 is 1.23 bits per heavy atom. The van der Waals surface area contributed by atoms with Gasteiger partial charge in [0.05, 0.1) is 16.5 Å². The lowest BCUT2D eigenvalue weighted by molar-refractivity contribution is 0.446. The fraction of sp³-hybridized carbons (Fsp3) is 0.111. The Labute approximate surface area is 194 Å². The normalized spacial score (nSPS) is 11.0. The van der Waals surface area contributed by atoms with Gasteiger partial charge < -0.3 is 0 Å². The van der Waals surface area contributed by atoms with Crippen molar-refractivity contribution in [2.24, 2.45) is 0 Å². The summed E-state index contributed by atoms with van der Waals surface area (Å²) in [6.45, 7) is 1.86. The number of halogens is 8. The SMILES string of the molecule is CCCc1cc(F)c2c(F)c(-c3cc(F)c(C#Cc4cc(F)c(F)c(F)c4)c(F)c3)c(F)cc2c1. The molecule has 4 aromatic rings. The van der Waals surface area contributed by atoms with E-state index in [9.17, 15) is 30.7 Å². The molecule has 0 atom stereocenters. The summed E-state index contributed by atoms with van der Waals surface area (Å²) in [6, 6.07) is 5.74. The first-order valence-corrected chi connectivity index (χ1v) is 10.4. The third kappa shape index (κ3) is 4.59. The van der Waals surface area contributed by atoms with Crippen LogP contribution in [0.25, 0.3) is 21.9 Å². The molecule has 0 spiro atoms. The van der Waals surface area contributed by atoms with E-state index in [2.05, 4.69) is 5.92 Å². The van der Waals surface area contributed by atoms with Crippen LogP contribution >= 0.6 is 0 Å². The molecule has 0 aliphatic heterocycles. The minimum Gasteiger partial charge on any atom is -0.206 e. The minimum atomic E-state index is -1.73. The van der Waals surface area contributed by atoms with E-state index in [1.165, 1.54) is 6.07 Å². The molecule has 8 heteroatoms. The molecule has 0 radical (unpaired) electrons. The van der Waals surface area contributed by atoms with Crippen LogP contribution < -0.4 is 0 Å². The molecule has 0 aliphatic rings. The Hall–Kier alpha value is -3.86. The van der Waals surface area contributed by atoms with E-state index in [1.54, 1.807) is 0 Å². The second-order valence-electron chi connectivity index (χ2n) is 7.79. The Morgan fingerprint density at radius 3 is 1.83 bits per heavy atom. The van der Waals surface area contributed by atoms with Crippen molar-refractivity contribution >= 4 is 10.8 Å². The van der Waals surface area contributed by atoms with Crippen LogP contribution in [-0.2, 0) is 6.42 Å². The van der Waals surface area contributed by atoms with Crippen molar-refractivity contribution in [1.29, 1.82) is 0 Å². The van der Waals surface area contributed by atoms with Crippen molar-refractivity contribution in [3.05, 3.63) is 106 Å². The maximum atomic E-state index is 15.2. The molecule has 178 valence electrons. The zero-order valence-corrected chi connectivity index (χ0v) is 18.0. The van der Waals surface area contributed by atoms with E-state index in [4.69, 9.17) is 0 Å². The zero-order chi connectivity index (χ0) is 25.4. The number of hydrogen-bond donors (Lipinski definition) is 0. The first-order chi connectivity index (χ1) is 16.6. The number of rotatable bonds is 3. The largest absolute Gasteiger partial charge is 0.206 e. The molecule has 0 aromatic heterocycles. The molecule has 0 fully saturated rings. The van der Waals surface area contributed by atoms with Crippen molar-refractivity contribution in [3.63, 3.8) is 0 Å². The standard InChI is InChI=1S/C27H14F8/c1-2-3-13-6-15-12-21(31)25(27(35)24(15)20(30)7-13)16-10-18(28)17(19(29)11-16)5-4-14-8-22(32)26(34)23(33)9-14/h6-12H,2-3H2,1H3. The van der Waals surface area contributed by atoms with Crippen LogP contribution in [0, 0.1) is 58.4 Å². The van der Waals surface area contributed by atoms with Gasteiger partial charge in [-0.25, -0.2) is 35.1 Å². The Bertz CT molecular complexity index is 1500. The summed E-state index contributed by atoms with van der Waals surface area (Å²) in [5.74, 6) is -6.74. The highest BCUT2D eigenvalue weighted by Gasteiger charge is 2.21. The summed E-state index contributed by atoms with van der Waals surface area (Å²) in [6.07, 6.45) is 1.18. The monoisotopic (exact) mass is 490 g/mol. The smallest absolute Gasteiger partial charge is 0.194 e. The number of fused-ring (bicyclic) bond motifs is 1. The van der Waals surface area contributed by atoms with Gasteiger partial charge in [0.2, 0.25) is 0 Å². The molecule has 0 heterocycles. The van der Waals surface area contributed by atoms with Crippen molar-refractivity contribution in [3.8, 4) is 23.0 Å². The topological polar surface area (TPSA) is 0 Å². The van der Waals surface area contributed by atoms with E-state index in [-0.39, 0.29) is 5.39 Å². The highest BCUT2D eigenvalue weighted by atomic mass is 19.2. The summed E-state index contributed by atoms with van der Waals surface area (Å²) < 4.78 is 114. The summed E-state index contributed by atoms with van der Waals surface area (Å²) in [7, 11) is 0. The summed E-state index contributed by atoms with van der Waals surface area (Å²) >= 11 is 0. The Kier molecular flexibility index (Phi) is 6.53. The average molecular weight is 490 g/mol. The van der Waals surface area contributed by atoms with E-state index >= 15 is 4.39 Å². The maximum absolute atomic E-state index is 15.2. The van der Waals surface area contributed by atoms with Crippen LogP contribution in [0.1, 0.15) is 30.0 Å². The number of hydrogen-bond acceptors (Lipinski definition) is 0. The van der Waals surface area contributed by atoms with Crippen LogP contribution in [0.3, 0.4) is 0 Å². The molecule has 0 N–H and O–H groups in total. The van der Waals surface area contributed by atoms with Gasteiger partial charge in [0.15, 0.2) is 17.5 Å². The van der Waals surface area contributed by atoms with Crippen LogP contribution in [0.4, 0.5) is 35.1 Å². The van der Waals surface area contributed by atoms with E-state index in [0.717, 1.165) is 12.1 Å². The van der Waals surface area contributed by atoms with Crippen molar-refractivity contribution in [1.82, 2.24) is 0 Å². The lowest BCUT2D eigenvalue weighted by Gasteiger charge is -2.12. The minimum absolute atomic E-state index is 0.0330. The van der Waals surface area contributed by atoms with E-state index in [0.29, 0.717) is 42.7 Å². The van der Waals surface area contributed by atoms with E-state index in [1.807, 2.05) is 12.8 Å². The third-order valence-electron chi connectivity index (χ3n) is 5.33. The van der Waals surface area contributed by atoms with Crippen LogP contribution in [0.5, 0.6) is 0 Å². The molecule has 0 bridgehead atoms. The molecular weight excluding hydrogens is 476 g/mol. The molecule has 0 amide bonds. The van der Waals surface area contributed by atoms with Gasteiger partial charge in [0, 0.05) is 5.56 Å². The van der Waals surface area contributed by atoms with Gasteiger partial charge in [-0.1, -0.05) is 31.3 Å². The Balaban J connectivity index is 1.81. The predicted molar refractivity (Wildman–Crippen MR) is 115 cm³/mol. The molecule has 4 aromatic carbocycles. The molecule has 0 nitrogen and oxygen atoms in total. The van der Waals surface area contributed by atoms with Crippen LogP contribution in [0.15, 0.2) is 42.5 Å². The molecule has 4 rings (SSSR count). The summed E-state index contributed by atoms with van der Waals surface area (Å²) in [5.41, 5.74) is -2.08. The molecule has 0 saturated carbocycles. The van der Waals surface area contributed by atoms with Crippen LogP contribution in [-0.4, -0.2) is 0 Å². The molecular formula is C27H14F8. The van der Waals surface area contributed by atoms with Crippen LogP contribution in [0.2, 0.25) is 0 Å². The molecule has 0 aliphatic carbocycles. The van der Waals surface area contributed by atoms with Crippen molar-refractivity contribution in [2.45, 2.75) is 19.8 Å².